The molecule has 7 nitrogen and oxygen atoms in total. The summed E-state index contributed by atoms with van der Waals surface area (Å²) < 4.78 is 30.2. The number of anilines is 1. The molecule has 22 heavy (non-hydrogen) atoms. The van der Waals surface area contributed by atoms with Gasteiger partial charge >= 0.3 is 0 Å². The van der Waals surface area contributed by atoms with E-state index >= 15 is 0 Å². The van der Waals surface area contributed by atoms with E-state index in [0.717, 1.165) is 10.6 Å². The second-order valence-electron chi connectivity index (χ2n) is 5.09. The minimum absolute atomic E-state index is 0.285. The number of likely N-dealkylation sites (N-methyl/N-ethyl adjacent to an activating group) is 1. The molecule has 0 aliphatic carbocycles. The Morgan fingerprint density at radius 2 is 1.91 bits per heavy atom. The summed E-state index contributed by atoms with van der Waals surface area (Å²) in [5.74, 6) is 0.0344. The van der Waals surface area contributed by atoms with Crippen molar-refractivity contribution in [2.24, 2.45) is 0 Å². The highest BCUT2D eigenvalue weighted by atomic mass is 32.2. The molecule has 0 aliphatic heterocycles. The van der Waals surface area contributed by atoms with Gasteiger partial charge < -0.3 is 15.0 Å². The van der Waals surface area contributed by atoms with Crippen LogP contribution in [0.1, 0.15) is 0 Å². The first-order chi connectivity index (χ1) is 10.3. The number of nitrogens with zero attached hydrogens (tertiary/aromatic N) is 2. The first-order valence-corrected chi connectivity index (χ1v) is 8.62. The number of sulfonamides is 1. The zero-order valence-corrected chi connectivity index (χ0v) is 14.2. The highest BCUT2D eigenvalue weighted by Gasteiger charge is 2.23. The Hall–Kier alpha value is -1.80. The van der Waals surface area contributed by atoms with Gasteiger partial charge in [0.15, 0.2) is 0 Å². The van der Waals surface area contributed by atoms with E-state index in [0.29, 0.717) is 24.5 Å². The summed E-state index contributed by atoms with van der Waals surface area (Å²) in [5.41, 5.74) is 0.343. The van der Waals surface area contributed by atoms with Gasteiger partial charge in [-0.2, -0.15) is 0 Å². The van der Waals surface area contributed by atoms with Crippen LogP contribution in [-0.2, 0) is 14.8 Å². The fourth-order valence-electron chi connectivity index (χ4n) is 1.82. The van der Waals surface area contributed by atoms with E-state index in [4.69, 9.17) is 4.74 Å². The molecule has 0 bridgehead atoms. The first-order valence-electron chi connectivity index (χ1n) is 6.78. The van der Waals surface area contributed by atoms with E-state index in [1.165, 1.54) is 7.11 Å². The van der Waals surface area contributed by atoms with Crippen molar-refractivity contribution in [2.75, 3.05) is 51.4 Å². The van der Waals surface area contributed by atoms with Gasteiger partial charge in [0.2, 0.25) is 15.9 Å². The number of ether oxygens (including phenoxy) is 1. The lowest BCUT2D eigenvalue weighted by atomic mass is 10.3. The number of benzene rings is 1. The van der Waals surface area contributed by atoms with Crippen molar-refractivity contribution < 1.29 is 17.9 Å². The van der Waals surface area contributed by atoms with Crippen molar-refractivity contribution in [3.05, 3.63) is 24.3 Å². The molecule has 0 fully saturated rings. The number of nitrogens with one attached hydrogen (secondary N) is 1. The zero-order valence-electron chi connectivity index (χ0n) is 13.4. The summed E-state index contributed by atoms with van der Waals surface area (Å²) in [6, 6.07) is 6.68. The molecular formula is C14H23N3O4S. The standard InChI is InChI=1S/C14H23N3O4S/c1-16(2)10-9-15-14(18)11-17(22(4,19)20)12-7-5-6-8-13(12)21-3/h5-8H,9-11H2,1-4H3,(H,15,18). The lowest BCUT2D eigenvalue weighted by Crippen LogP contribution is -2.42. The van der Waals surface area contributed by atoms with Crippen LogP contribution in [-0.4, -0.2) is 66.3 Å². The minimum atomic E-state index is -3.60. The highest BCUT2D eigenvalue weighted by molar-refractivity contribution is 7.92. The molecule has 0 spiro atoms. The number of rotatable bonds is 8. The molecule has 0 saturated carbocycles. The predicted octanol–water partition coefficient (Wildman–Crippen LogP) is 0.139. The molecule has 8 heteroatoms. The minimum Gasteiger partial charge on any atom is -0.495 e. The van der Waals surface area contributed by atoms with Gasteiger partial charge in [-0.1, -0.05) is 12.1 Å². The van der Waals surface area contributed by atoms with E-state index in [9.17, 15) is 13.2 Å². The SMILES string of the molecule is COc1ccccc1N(CC(=O)NCCN(C)C)S(C)(=O)=O. The first kappa shape index (κ1) is 18.2. The van der Waals surface area contributed by atoms with Crippen LogP contribution in [0.4, 0.5) is 5.69 Å². The molecule has 0 aromatic heterocycles. The number of amides is 1. The normalized spacial score (nSPS) is 11.3. The zero-order chi connectivity index (χ0) is 16.8. The van der Waals surface area contributed by atoms with Gasteiger partial charge in [-0.3, -0.25) is 9.10 Å². The van der Waals surface area contributed by atoms with Crippen molar-refractivity contribution in [1.82, 2.24) is 10.2 Å². The lowest BCUT2D eigenvalue weighted by Gasteiger charge is -2.23. The Morgan fingerprint density at radius 3 is 2.45 bits per heavy atom. The number of carbonyl (C=O) groups is 1. The number of hydrogen-bond donors (Lipinski definition) is 1. The van der Waals surface area contributed by atoms with Crippen LogP contribution in [0.15, 0.2) is 24.3 Å². The molecule has 0 radical (unpaired) electrons. The summed E-state index contributed by atoms with van der Waals surface area (Å²) >= 11 is 0. The Morgan fingerprint density at radius 1 is 1.27 bits per heavy atom. The van der Waals surface area contributed by atoms with Crippen molar-refractivity contribution in [3.8, 4) is 5.75 Å². The Bertz CT molecular complexity index is 602. The third-order valence-electron chi connectivity index (χ3n) is 2.92. The van der Waals surface area contributed by atoms with Crippen molar-refractivity contribution >= 4 is 21.6 Å². The van der Waals surface area contributed by atoms with Gasteiger partial charge in [-0.25, -0.2) is 8.42 Å². The molecule has 1 rings (SSSR count). The second kappa shape index (κ2) is 8.00. The fourth-order valence-corrected chi connectivity index (χ4v) is 2.68. The molecule has 0 saturated heterocycles. The fraction of sp³-hybridized carbons (Fsp3) is 0.500. The van der Waals surface area contributed by atoms with E-state index in [2.05, 4.69) is 5.32 Å². The third-order valence-corrected chi connectivity index (χ3v) is 4.05. The predicted molar refractivity (Wildman–Crippen MR) is 86.7 cm³/mol. The number of carbonyl (C=O) groups excluding carboxylic acids is 1. The van der Waals surface area contributed by atoms with Gasteiger partial charge in [0.25, 0.3) is 0 Å². The Labute approximate surface area is 131 Å². The largest absolute Gasteiger partial charge is 0.495 e. The average molecular weight is 329 g/mol. The molecule has 1 amide bonds. The van der Waals surface area contributed by atoms with Crippen LogP contribution in [0, 0.1) is 0 Å². The summed E-state index contributed by atoms with van der Waals surface area (Å²) in [6.45, 7) is 0.848. The van der Waals surface area contributed by atoms with Gasteiger partial charge in [-0.05, 0) is 26.2 Å². The van der Waals surface area contributed by atoms with Crippen LogP contribution in [0.25, 0.3) is 0 Å². The maximum absolute atomic E-state index is 12.0. The van der Waals surface area contributed by atoms with E-state index < -0.39 is 10.0 Å². The highest BCUT2D eigenvalue weighted by Crippen LogP contribution is 2.29. The summed E-state index contributed by atoms with van der Waals surface area (Å²) in [5, 5.41) is 2.70. The summed E-state index contributed by atoms with van der Waals surface area (Å²) in [6.07, 6.45) is 1.06. The molecule has 0 unspecified atom stereocenters. The average Bonchev–Trinajstić information content (AvgIpc) is 2.43. The molecular weight excluding hydrogens is 306 g/mol. The number of methoxy groups -OCH3 is 1. The quantitative estimate of drug-likeness (QED) is 0.734. The van der Waals surface area contributed by atoms with Crippen molar-refractivity contribution in [2.45, 2.75) is 0 Å². The van der Waals surface area contributed by atoms with Crippen LogP contribution in [0.5, 0.6) is 5.75 Å². The smallest absolute Gasteiger partial charge is 0.240 e. The molecule has 1 N–H and O–H groups in total. The molecule has 0 atom stereocenters. The lowest BCUT2D eigenvalue weighted by molar-refractivity contribution is -0.119. The van der Waals surface area contributed by atoms with Crippen LogP contribution < -0.4 is 14.4 Å². The molecule has 0 heterocycles. The Balaban J connectivity index is 2.89. The maximum atomic E-state index is 12.0. The van der Waals surface area contributed by atoms with Crippen LogP contribution >= 0.6 is 0 Å². The van der Waals surface area contributed by atoms with Gasteiger partial charge in [-0.15, -0.1) is 0 Å². The molecule has 124 valence electrons. The second-order valence-corrected chi connectivity index (χ2v) is 7.00. The third kappa shape index (κ3) is 5.53. The molecule has 0 aliphatic rings. The molecule has 1 aromatic rings. The van der Waals surface area contributed by atoms with Crippen molar-refractivity contribution in [1.29, 1.82) is 0 Å². The van der Waals surface area contributed by atoms with E-state index in [-0.39, 0.29) is 12.5 Å². The van der Waals surface area contributed by atoms with Crippen LogP contribution in [0.2, 0.25) is 0 Å². The number of para-hydroxylation sites is 2. The summed E-state index contributed by atoms with van der Waals surface area (Å²) in [7, 11) is 1.64. The van der Waals surface area contributed by atoms with Gasteiger partial charge in [0.1, 0.15) is 12.3 Å². The topological polar surface area (TPSA) is 79.0 Å². The maximum Gasteiger partial charge on any atom is 0.240 e. The van der Waals surface area contributed by atoms with E-state index in [1.54, 1.807) is 24.3 Å². The van der Waals surface area contributed by atoms with Gasteiger partial charge in [0.05, 0.1) is 19.1 Å². The number of hydrogen-bond acceptors (Lipinski definition) is 5. The monoisotopic (exact) mass is 329 g/mol. The molecule has 1 aromatic carbocycles. The van der Waals surface area contributed by atoms with Gasteiger partial charge in [0, 0.05) is 13.1 Å². The van der Waals surface area contributed by atoms with Crippen LogP contribution in [0.3, 0.4) is 0 Å². The van der Waals surface area contributed by atoms with E-state index in [1.807, 2.05) is 19.0 Å². The van der Waals surface area contributed by atoms with Crippen molar-refractivity contribution in [3.63, 3.8) is 0 Å². The Kier molecular flexibility index (Phi) is 6.63. The summed E-state index contributed by atoms with van der Waals surface area (Å²) in [4.78, 5) is 13.9.